The maximum atomic E-state index is 3.86. The number of nitrogens with zero attached hydrogens (tertiary/aromatic N) is 1. The molecule has 0 amide bonds. The van der Waals surface area contributed by atoms with Crippen molar-refractivity contribution in [2.75, 3.05) is 26.2 Å². The summed E-state index contributed by atoms with van der Waals surface area (Å²) in [5.41, 5.74) is 0.897. The maximum absolute atomic E-state index is 3.86. The lowest BCUT2D eigenvalue weighted by molar-refractivity contribution is 0.115. The third-order valence-electron chi connectivity index (χ3n) is 5.43. The molecule has 0 aromatic heterocycles. The summed E-state index contributed by atoms with van der Waals surface area (Å²) in [6, 6.07) is 0. The van der Waals surface area contributed by atoms with Gasteiger partial charge in [-0.15, -0.1) is 0 Å². The Hall–Kier alpha value is -0.0800. The highest BCUT2D eigenvalue weighted by Crippen LogP contribution is 2.34. The zero-order valence-electron chi connectivity index (χ0n) is 12.9. The van der Waals surface area contributed by atoms with Gasteiger partial charge in [0.05, 0.1) is 0 Å². The molecule has 106 valence electrons. The Kier molecular flexibility index (Phi) is 4.38. The van der Waals surface area contributed by atoms with Gasteiger partial charge in [0.25, 0.3) is 0 Å². The van der Waals surface area contributed by atoms with Crippen molar-refractivity contribution < 1.29 is 0 Å². The van der Waals surface area contributed by atoms with E-state index in [1.807, 2.05) is 0 Å². The van der Waals surface area contributed by atoms with E-state index in [0.29, 0.717) is 11.0 Å². The summed E-state index contributed by atoms with van der Waals surface area (Å²) in [5.74, 6) is 0.758. The van der Waals surface area contributed by atoms with Crippen LogP contribution in [0.15, 0.2) is 0 Å². The highest BCUT2D eigenvalue weighted by atomic mass is 15.2. The van der Waals surface area contributed by atoms with Gasteiger partial charge in [0.1, 0.15) is 0 Å². The lowest BCUT2D eigenvalue weighted by Gasteiger charge is -2.39. The van der Waals surface area contributed by atoms with Crippen LogP contribution in [0.1, 0.15) is 59.8 Å². The molecule has 0 radical (unpaired) electrons. The monoisotopic (exact) mass is 252 g/mol. The molecule has 2 aliphatic rings. The first-order valence-electron chi connectivity index (χ1n) is 7.91. The molecule has 1 heterocycles. The molecule has 1 N–H and O–H groups in total. The fraction of sp³-hybridized carbons (Fsp3) is 1.00. The standard InChI is InChI=1S/C16H32N2/c1-14(2)15(3,4)12-18-11-7-10-17-16(13-18)8-5-6-9-16/h14,17H,5-13H2,1-4H3. The van der Waals surface area contributed by atoms with E-state index in [2.05, 4.69) is 37.9 Å². The van der Waals surface area contributed by atoms with Crippen molar-refractivity contribution in [2.24, 2.45) is 11.3 Å². The normalized spacial score (nSPS) is 25.8. The Morgan fingerprint density at radius 3 is 2.44 bits per heavy atom. The van der Waals surface area contributed by atoms with Gasteiger partial charge in [-0.3, -0.25) is 0 Å². The summed E-state index contributed by atoms with van der Waals surface area (Å²) in [6.45, 7) is 14.6. The van der Waals surface area contributed by atoms with Crippen LogP contribution >= 0.6 is 0 Å². The fourth-order valence-corrected chi connectivity index (χ4v) is 3.50. The van der Waals surface area contributed by atoms with Gasteiger partial charge in [-0.1, -0.05) is 40.5 Å². The van der Waals surface area contributed by atoms with Crippen molar-refractivity contribution in [3.8, 4) is 0 Å². The number of hydrogen-bond acceptors (Lipinski definition) is 2. The lowest BCUT2D eigenvalue weighted by atomic mass is 9.80. The topological polar surface area (TPSA) is 15.3 Å². The summed E-state index contributed by atoms with van der Waals surface area (Å²) < 4.78 is 0. The lowest BCUT2D eigenvalue weighted by Crippen LogP contribution is -2.51. The predicted molar refractivity (Wildman–Crippen MR) is 78.9 cm³/mol. The fourth-order valence-electron chi connectivity index (χ4n) is 3.50. The Labute approximate surface area is 114 Å². The Morgan fingerprint density at radius 1 is 1.17 bits per heavy atom. The van der Waals surface area contributed by atoms with Gasteiger partial charge in [-0.2, -0.15) is 0 Å². The van der Waals surface area contributed by atoms with Crippen LogP contribution in [0.3, 0.4) is 0 Å². The number of rotatable bonds is 3. The zero-order chi connectivity index (χ0) is 13.2. The number of hydrogen-bond donors (Lipinski definition) is 1. The maximum Gasteiger partial charge on any atom is 0.0308 e. The molecule has 2 nitrogen and oxygen atoms in total. The number of nitrogens with one attached hydrogen (secondary N) is 1. The van der Waals surface area contributed by atoms with E-state index < -0.39 is 0 Å². The van der Waals surface area contributed by atoms with Crippen LogP contribution in [-0.2, 0) is 0 Å². The molecule has 2 fully saturated rings. The molecule has 0 aromatic carbocycles. The van der Waals surface area contributed by atoms with E-state index in [1.165, 1.54) is 58.3 Å². The van der Waals surface area contributed by atoms with E-state index in [0.717, 1.165) is 5.92 Å². The summed E-state index contributed by atoms with van der Waals surface area (Å²) in [6.07, 6.45) is 6.95. The van der Waals surface area contributed by atoms with Crippen molar-refractivity contribution in [1.82, 2.24) is 10.2 Å². The van der Waals surface area contributed by atoms with E-state index in [1.54, 1.807) is 0 Å². The Balaban J connectivity index is 1.99. The van der Waals surface area contributed by atoms with E-state index in [9.17, 15) is 0 Å². The Bertz CT molecular complexity index is 264. The molecule has 1 spiro atoms. The average Bonchev–Trinajstić information content (AvgIpc) is 2.62. The van der Waals surface area contributed by atoms with Gasteiger partial charge in [0.15, 0.2) is 0 Å². The quantitative estimate of drug-likeness (QED) is 0.829. The molecule has 18 heavy (non-hydrogen) atoms. The van der Waals surface area contributed by atoms with Crippen LogP contribution in [0, 0.1) is 11.3 Å². The summed E-state index contributed by atoms with van der Waals surface area (Å²) >= 11 is 0. The summed E-state index contributed by atoms with van der Waals surface area (Å²) in [7, 11) is 0. The smallest absolute Gasteiger partial charge is 0.0308 e. The van der Waals surface area contributed by atoms with Gasteiger partial charge in [-0.05, 0) is 43.7 Å². The van der Waals surface area contributed by atoms with Gasteiger partial charge in [0, 0.05) is 18.6 Å². The van der Waals surface area contributed by atoms with Crippen molar-refractivity contribution in [1.29, 1.82) is 0 Å². The van der Waals surface area contributed by atoms with Crippen LogP contribution in [-0.4, -0.2) is 36.6 Å². The minimum Gasteiger partial charge on any atom is -0.310 e. The first-order valence-corrected chi connectivity index (χ1v) is 7.91. The molecule has 1 saturated carbocycles. The average molecular weight is 252 g/mol. The van der Waals surface area contributed by atoms with Crippen LogP contribution in [0.4, 0.5) is 0 Å². The molecule has 1 aliphatic heterocycles. The van der Waals surface area contributed by atoms with Gasteiger partial charge >= 0.3 is 0 Å². The van der Waals surface area contributed by atoms with Crippen molar-refractivity contribution in [3.05, 3.63) is 0 Å². The van der Waals surface area contributed by atoms with Gasteiger partial charge in [-0.25, -0.2) is 0 Å². The Morgan fingerprint density at radius 2 is 1.83 bits per heavy atom. The van der Waals surface area contributed by atoms with Crippen LogP contribution in [0.5, 0.6) is 0 Å². The molecule has 2 rings (SSSR count). The largest absolute Gasteiger partial charge is 0.310 e. The molecular formula is C16H32N2. The predicted octanol–water partition coefficient (Wildman–Crippen LogP) is 3.28. The second kappa shape index (κ2) is 5.50. The van der Waals surface area contributed by atoms with E-state index in [-0.39, 0.29) is 0 Å². The highest BCUT2D eigenvalue weighted by molar-refractivity contribution is 4.97. The molecule has 0 unspecified atom stereocenters. The molecular weight excluding hydrogens is 220 g/mol. The van der Waals surface area contributed by atoms with Crippen molar-refractivity contribution in [3.63, 3.8) is 0 Å². The van der Waals surface area contributed by atoms with Crippen LogP contribution in [0.2, 0.25) is 0 Å². The van der Waals surface area contributed by atoms with E-state index in [4.69, 9.17) is 0 Å². The van der Waals surface area contributed by atoms with E-state index >= 15 is 0 Å². The SMILES string of the molecule is CC(C)C(C)(C)CN1CCCNC2(CCCC2)C1. The minimum atomic E-state index is 0.435. The molecule has 1 saturated heterocycles. The van der Waals surface area contributed by atoms with Gasteiger partial charge in [0.2, 0.25) is 0 Å². The minimum absolute atomic E-state index is 0.435. The van der Waals surface area contributed by atoms with Gasteiger partial charge < -0.3 is 10.2 Å². The molecule has 2 heteroatoms. The molecule has 0 aromatic rings. The third-order valence-corrected chi connectivity index (χ3v) is 5.43. The van der Waals surface area contributed by atoms with Crippen molar-refractivity contribution >= 4 is 0 Å². The summed E-state index contributed by atoms with van der Waals surface area (Å²) in [5, 5.41) is 3.86. The van der Waals surface area contributed by atoms with Crippen LogP contribution < -0.4 is 5.32 Å². The third kappa shape index (κ3) is 3.27. The highest BCUT2D eigenvalue weighted by Gasteiger charge is 2.37. The second-order valence-electron chi connectivity index (χ2n) is 7.62. The zero-order valence-corrected chi connectivity index (χ0v) is 12.9. The molecule has 0 atom stereocenters. The summed E-state index contributed by atoms with van der Waals surface area (Å²) in [4.78, 5) is 2.74. The second-order valence-corrected chi connectivity index (χ2v) is 7.62. The van der Waals surface area contributed by atoms with Crippen molar-refractivity contribution in [2.45, 2.75) is 65.3 Å². The molecule has 1 aliphatic carbocycles. The van der Waals surface area contributed by atoms with Crippen LogP contribution in [0.25, 0.3) is 0 Å². The first-order chi connectivity index (χ1) is 8.44. The molecule has 0 bridgehead atoms. The first kappa shape index (κ1) is 14.3.